The van der Waals surface area contributed by atoms with E-state index in [2.05, 4.69) is 71.5 Å². The van der Waals surface area contributed by atoms with Gasteiger partial charge in [-0.05, 0) is 79.4 Å². The summed E-state index contributed by atoms with van der Waals surface area (Å²) >= 11 is 0. The second kappa shape index (κ2) is 10.2. The van der Waals surface area contributed by atoms with Crippen LogP contribution < -0.4 is 14.2 Å². The number of methoxy groups -OCH3 is 2. The van der Waals surface area contributed by atoms with Crippen LogP contribution in [0.15, 0.2) is 72.8 Å². The van der Waals surface area contributed by atoms with E-state index in [1.54, 1.807) is 26.4 Å². The largest absolute Gasteiger partial charge is 0.508 e. The Morgan fingerprint density at radius 1 is 0.575 bits per heavy atom. The molecule has 0 bridgehead atoms. The first-order valence-corrected chi connectivity index (χ1v) is 13.8. The van der Waals surface area contributed by atoms with E-state index in [1.807, 2.05) is 19.1 Å². The van der Waals surface area contributed by atoms with Gasteiger partial charge < -0.3 is 28.5 Å². The quantitative estimate of drug-likeness (QED) is 0.214. The summed E-state index contributed by atoms with van der Waals surface area (Å²) in [4.78, 5) is 0. The summed E-state index contributed by atoms with van der Waals surface area (Å²) in [5.74, 6) is 2.40. The second-order valence-corrected chi connectivity index (χ2v) is 9.90. The topological polar surface area (TPSA) is 57.8 Å². The fourth-order valence-electron chi connectivity index (χ4n) is 5.94. The predicted octanol–water partition coefficient (Wildman–Crippen LogP) is 8.24. The molecule has 2 heterocycles. The monoisotopic (exact) mass is 534 g/mol. The van der Waals surface area contributed by atoms with Gasteiger partial charge in [0.1, 0.15) is 23.0 Å². The molecule has 0 saturated heterocycles. The van der Waals surface area contributed by atoms with E-state index in [0.29, 0.717) is 12.4 Å². The maximum atomic E-state index is 10.2. The molecule has 1 N–H and O–H groups in total. The van der Waals surface area contributed by atoms with Crippen LogP contribution in [-0.2, 0) is 13.1 Å². The molecule has 6 heteroatoms. The Balaban J connectivity index is 1.57. The fraction of sp³-hybridized carbons (Fsp3) is 0.235. The van der Waals surface area contributed by atoms with Crippen molar-refractivity contribution in [2.75, 3.05) is 20.8 Å². The van der Waals surface area contributed by atoms with Gasteiger partial charge in [-0.1, -0.05) is 24.3 Å². The molecule has 0 aliphatic rings. The van der Waals surface area contributed by atoms with Crippen molar-refractivity contribution in [3.8, 4) is 45.3 Å². The first-order valence-electron chi connectivity index (χ1n) is 13.8. The number of benzene rings is 4. The van der Waals surface area contributed by atoms with Crippen molar-refractivity contribution in [1.82, 2.24) is 9.13 Å². The molecule has 6 nitrogen and oxygen atoms in total. The SMILES string of the molecule is CCOc1cc(OC)cc(-c2ccc3c(c2)n(CC)c2c4ccc(-c5cc(O)cc(OC)c5)cc4n(CC)c32)c1. The number of phenolic OH excluding ortho intramolecular Hbond substituents is 1. The van der Waals surface area contributed by atoms with E-state index in [9.17, 15) is 5.11 Å². The molecule has 0 unspecified atom stereocenters. The van der Waals surface area contributed by atoms with E-state index in [1.165, 1.54) is 32.8 Å². The third kappa shape index (κ3) is 4.11. The normalized spacial score (nSPS) is 11.5. The Labute approximate surface area is 233 Å². The number of aryl methyl sites for hydroxylation is 2. The van der Waals surface area contributed by atoms with Gasteiger partial charge in [-0.15, -0.1) is 0 Å². The summed E-state index contributed by atoms with van der Waals surface area (Å²) in [5, 5.41) is 12.7. The minimum atomic E-state index is 0.189. The van der Waals surface area contributed by atoms with Crippen LogP contribution in [0.3, 0.4) is 0 Å². The number of aromatic nitrogens is 2. The third-order valence-corrected chi connectivity index (χ3v) is 7.70. The Hall–Kier alpha value is -4.58. The predicted molar refractivity (Wildman–Crippen MR) is 163 cm³/mol. The smallest absolute Gasteiger partial charge is 0.123 e. The van der Waals surface area contributed by atoms with Crippen LogP contribution in [-0.4, -0.2) is 35.1 Å². The van der Waals surface area contributed by atoms with E-state index in [4.69, 9.17) is 14.2 Å². The lowest BCUT2D eigenvalue weighted by atomic mass is 10.0. The molecule has 4 aromatic carbocycles. The van der Waals surface area contributed by atoms with Gasteiger partial charge in [-0.2, -0.15) is 0 Å². The molecule has 40 heavy (non-hydrogen) atoms. The highest BCUT2D eigenvalue weighted by Gasteiger charge is 2.20. The van der Waals surface area contributed by atoms with Gasteiger partial charge in [0.2, 0.25) is 0 Å². The first-order chi connectivity index (χ1) is 19.5. The van der Waals surface area contributed by atoms with Crippen molar-refractivity contribution in [1.29, 1.82) is 0 Å². The molecule has 6 aromatic rings. The molecule has 2 aromatic heterocycles. The van der Waals surface area contributed by atoms with Gasteiger partial charge in [0.25, 0.3) is 0 Å². The third-order valence-electron chi connectivity index (χ3n) is 7.70. The molecule has 0 aliphatic heterocycles. The number of phenols is 1. The zero-order valence-electron chi connectivity index (χ0n) is 23.6. The number of hydrogen-bond acceptors (Lipinski definition) is 4. The van der Waals surface area contributed by atoms with E-state index >= 15 is 0 Å². The molecule has 0 saturated carbocycles. The van der Waals surface area contributed by atoms with Crippen molar-refractivity contribution >= 4 is 32.8 Å². The number of fused-ring (bicyclic) bond motifs is 5. The Kier molecular flexibility index (Phi) is 6.54. The molecule has 0 fully saturated rings. The maximum Gasteiger partial charge on any atom is 0.123 e. The van der Waals surface area contributed by atoms with Gasteiger partial charge in [-0.3, -0.25) is 0 Å². The first kappa shape index (κ1) is 25.7. The number of rotatable bonds is 8. The van der Waals surface area contributed by atoms with E-state index < -0.39 is 0 Å². The molecule has 204 valence electrons. The number of nitrogens with zero attached hydrogens (tertiary/aromatic N) is 2. The lowest BCUT2D eigenvalue weighted by Crippen LogP contribution is -1.95. The molecule has 0 amide bonds. The molecular weight excluding hydrogens is 500 g/mol. The average molecular weight is 535 g/mol. The molecular formula is C34H34N2O4. The highest BCUT2D eigenvalue weighted by molar-refractivity contribution is 6.19. The van der Waals surface area contributed by atoms with Gasteiger partial charge in [-0.25, -0.2) is 0 Å². The summed E-state index contributed by atoms with van der Waals surface area (Å²) in [6, 6.07) is 24.7. The van der Waals surface area contributed by atoms with Crippen LogP contribution in [0.25, 0.3) is 55.1 Å². The van der Waals surface area contributed by atoms with Crippen molar-refractivity contribution < 1.29 is 19.3 Å². The van der Waals surface area contributed by atoms with Crippen LogP contribution in [0.4, 0.5) is 0 Å². The zero-order valence-corrected chi connectivity index (χ0v) is 23.6. The summed E-state index contributed by atoms with van der Waals surface area (Å²) in [6.07, 6.45) is 0. The van der Waals surface area contributed by atoms with Crippen LogP contribution in [0.2, 0.25) is 0 Å². The van der Waals surface area contributed by atoms with Crippen LogP contribution in [0, 0.1) is 0 Å². The highest BCUT2D eigenvalue weighted by Crippen LogP contribution is 2.41. The van der Waals surface area contributed by atoms with Gasteiger partial charge in [0.05, 0.1) is 42.9 Å². The minimum absolute atomic E-state index is 0.189. The number of ether oxygens (including phenoxy) is 3. The Bertz CT molecular complexity index is 1880. The molecule has 0 spiro atoms. The summed E-state index contributed by atoms with van der Waals surface area (Å²) in [5.41, 5.74) is 9.01. The van der Waals surface area contributed by atoms with Gasteiger partial charge in [0, 0.05) is 36.0 Å². The standard InChI is InChI=1S/C34H34N2O4/c1-6-35-31-17-21(23-13-25(37)19-26(14-23)38-4)9-11-29(31)33-34(35)30-12-10-22(18-32(30)36(33)7-2)24-15-27(39-5)20-28(16-24)40-8-3/h9-20,37H,6-8H2,1-5H3. The fourth-order valence-corrected chi connectivity index (χ4v) is 5.94. The van der Waals surface area contributed by atoms with Crippen LogP contribution >= 0.6 is 0 Å². The Morgan fingerprint density at radius 3 is 1.57 bits per heavy atom. The second-order valence-electron chi connectivity index (χ2n) is 9.90. The molecule has 6 rings (SSSR count). The lowest BCUT2D eigenvalue weighted by Gasteiger charge is -2.11. The summed E-state index contributed by atoms with van der Waals surface area (Å²) < 4.78 is 21.6. The number of aromatic hydroxyl groups is 1. The molecule has 0 radical (unpaired) electrons. The highest BCUT2D eigenvalue weighted by atomic mass is 16.5. The average Bonchev–Trinajstić information content (AvgIpc) is 3.47. The summed E-state index contributed by atoms with van der Waals surface area (Å²) in [6.45, 7) is 8.67. The van der Waals surface area contributed by atoms with Crippen LogP contribution in [0.5, 0.6) is 23.0 Å². The van der Waals surface area contributed by atoms with Gasteiger partial charge in [0.15, 0.2) is 0 Å². The molecule has 0 aliphatic carbocycles. The van der Waals surface area contributed by atoms with E-state index in [0.717, 1.165) is 46.8 Å². The van der Waals surface area contributed by atoms with E-state index in [-0.39, 0.29) is 5.75 Å². The van der Waals surface area contributed by atoms with Crippen molar-refractivity contribution in [2.24, 2.45) is 0 Å². The van der Waals surface area contributed by atoms with Crippen LogP contribution in [0.1, 0.15) is 20.8 Å². The van der Waals surface area contributed by atoms with Gasteiger partial charge >= 0.3 is 0 Å². The number of hydrogen-bond donors (Lipinski definition) is 1. The minimum Gasteiger partial charge on any atom is -0.508 e. The molecule has 0 atom stereocenters. The Morgan fingerprint density at radius 2 is 1.07 bits per heavy atom. The van der Waals surface area contributed by atoms with Crippen molar-refractivity contribution in [3.63, 3.8) is 0 Å². The summed E-state index contributed by atoms with van der Waals surface area (Å²) in [7, 11) is 3.30. The maximum absolute atomic E-state index is 10.2. The van der Waals surface area contributed by atoms with Crippen molar-refractivity contribution in [2.45, 2.75) is 33.9 Å². The lowest BCUT2D eigenvalue weighted by molar-refractivity contribution is 0.336. The zero-order chi connectivity index (χ0) is 28.0. The van der Waals surface area contributed by atoms with Crippen molar-refractivity contribution in [3.05, 3.63) is 72.8 Å².